The van der Waals surface area contributed by atoms with Gasteiger partial charge in [0.1, 0.15) is 0 Å². The Morgan fingerprint density at radius 3 is 2.74 bits per heavy atom. The Bertz CT molecular complexity index is 590. The average Bonchev–Trinajstić information content (AvgIpc) is 2.68. The van der Waals surface area contributed by atoms with Gasteiger partial charge in [0.05, 0.1) is 0 Å². The molecule has 2 rings (SSSR count). The Labute approximate surface area is 118 Å². The number of aromatic amines is 1. The van der Waals surface area contributed by atoms with Gasteiger partial charge in [-0.2, -0.15) is 0 Å². The average molecular weight is 277 g/mol. The number of carbonyl (C=O) groups excluding carboxylic acids is 1. The number of nitrogens with one attached hydrogen (secondary N) is 2. The highest BCUT2D eigenvalue weighted by atomic mass is 35.5. The molecule has 2 N–H and O–H groups in total. The molecule has 0 spiro atoms. The molecule has 4 heteroatoms. The number of aryl methyl sites for hydroxylation is 2. The molecule has 0 radical (unpaired) electrons. The van der Waals surface area contributed by atoms with Gasteiger partial charge in [0.15, 0.2) is 0 Å². The summed E-state index contributed by atoms with van der Waals surface area (Å²) in [6.07, 6.45) is 0.822. The highest BCUT2D eigenvalue weighted by Crippen LogP contribution is 2.11. The first kappa shape index (κ1) is 13.7. The normalized spacial score (nSPS) is 10.5. The molecule has 2 aromatic rings. The third kappa shape index (κ3) is 3.61. The molecule has 0 bridgehead atoms. The van der Waals surface area contributed by atoms with Crippen LogP contribution in [0, 0.1) is 13.8 Å². The lowest BCUT2D eigenvalue weighted by molar-refractivity contribution is 0.0954. The Hall–Kier alpha value is -1.74. The van der Waals surface area contributed by atoms with Crippen LogP contribution in [-0.4, -0.2) is 17.4 Å². The van der Waals surface area contributed by atoms with E-state index in [0.29, 0.717) is 17.1 Å². The van der Waals surface area contributed by atoms with Crippen LogP contribution in [0.25, 0.3) is 0 Å². The van der Waals surface area contributed by atoms with Crippen LogP contribution < -0.4 is 5.32 Å². The summed E-state index contributed by atoms with van der Waals surface area (Å²) < 4.78 is 0. The maximum absolute atomic E-state index is 11.9. The maximum Gasteiger partial charge on any atom is 0.251 e. The fraction of sp³-hybridized carbons (Fsp3) is 0.267. The van der Waals surface area contributed by atoms with Gasteiger partial charge in [-0.1, -0.05) is 17.7 Å². The van der Waals surface area contributed by atoms with Gasteiger partial charge in [-0.25, -0.2) is 0 Å². The number of amides is 1. The molecule has 1 amide bonds. The minimum atomic E-state index is -0.0904. The van der Waals surface area contributed by atoms with Crippen LogP contribution in [0.5, 0.6) is 0 Å². The maximum atomic E-state index is 11.9. The minimum Gasteiger partial charge on any atom is -0.362 e. The number of rotatable bonds is 4. The Morgan fingerprint density at radius 1 is 1.32 bits per heavy atom. The topological polar surface area (TPSA) is 44.9 Å². The Balaban J connectivity index is 1.89. The van der Waals surface area contributed by atoms with E-state index in [-0.39, 0.29) is 5.91 Å². The minimum absolute atomic E-state index is 0.0904. The van der Waals surface area contributed by atoms with Crippen molar-refractivity contribution in [3.63, 3.8) is 0 Å². The van der Waals surface area contributed by atoms with E-state index in [2.05, 4.69) is 16.4 Å². The van der Waals surface area contributed by atoms with E-state index in [0.717, 1.165) is 17.8 Å². The largest absolute Gasteiger partial charge is 0.362 e. The first-order valence-electron chi connectivity index (χ1n) is 6.25. The third-order valence-electron chi connectivity index (χ3n) is 3.02. The fourth-order valence-corrected chi connectivity index (χ4v) is 2.27. The van der Waals surface area contributed by atoms with E-state index >= 15 is 0 Å². The van der Waals surface area contributed by atoms with Crippen molar-refractivity contribution < 1.29 is 4.79 Å². The van der Waals surface area contributed by atoms with Gasteiger partial charge < -0.3 is 10.3 Å². The molecule has 0 saturated carbocycles. The molecule has 19 heavy (non-hydrogen) atoms. The molecule has 3 nitrogen and oxygen atoms in total. The number of hydrogen-bond donors (Lipinski definition) is 2. The first-order valence-corrected chi connectivity index (χ1v) is 6.63. The predicted octanol–water partition coefficient (Wildman–Crippen LogP) is 3.26. The van der Waals surface area contributed by atoms with E-state index in [9.17, 15) is 4.79 Å². The summed E-state index contributed by atoms with van der Waals surface area (Å²) in [7, 11) is 0. The number of aromatic nitrogens is 1. The summed E-state index contributed by atoms with van der Waals surface area (Å²) in [4.78, 5) is 15.2. The zero-order valence-electron chi connectivity index (χ0n) is 11.1. The monoisotopic (exact) mass is 276 g/mol. The van der Waals surface area contributed by atoms with Crippen molar-refractivity contribution in [3.8, 4) is 0 Å². The van der Waals surface area contributed by atoms with Crippen LogP contribution in [-0.2, 0) is 6.42 Å². The molecule has 0 unspecified atom stereocenters. The second-order valence-corrected chi connectivity index (χ2v) is 5.06. The summed E-state index contributed by atoms with van der Waals surface area (Å²) in [6, 6.07) is 9.07. The van der Waals surface area contributed by atoms with Crippen molar-refractivity contribution in [1.29, 1.82) is 0 Å². The lowest BCUT2D eigenvalue weighted by Crippen LogP contribution is -2.25. The lowest BCUT2D eigenvalue weighted by Gasteiger charge is -2.05. The highest BCUT2D eigenvalue weighted by molar-refractivity contribution is 6.30. The number of benzene rings is 1. The number of carbonyl (C=O) groups is 1. The first-order chi connectivity index (χ1) is 9.06. The van der Waals surface area contributed by atoms with Crippen molar-refractivity contribution in [3.05, 3.63) is 57.9 Å². The molecule has 1 aromatic heterocycles. The number of hydrogen-bond acceptors (Lipinski definition) is 1. The molecule has 0 atom stereocenters. The predicted molar refractivity (Wildman–Crippen MR) is 77.8 cm³/mol. The second-order valence-electron chi connectivity index (χ2n) is 4.62. The lowest BCUT2D eigenvalue weighted by atomic mass is 10.1. The number of halogens is 1. The molecular weight excluding hydrogens is 260 g/mol. The summed E-state index contributed by atoms with van der Waals surface area (Å²) in [5.41, 5.74) is 4.14. The van der Waals surface area contributed by atoms with Crippen LogP contribution in [0.3, 0.4) is 0 Å². The highest BCUT2D eigenvalue weighted by Gasteiger charge is 2.06. The smallest absolute Gasteiger partial charge is 0.251 e. The zero-order chi connectivity index (χ0) is 13.8. The quantitative estimate of drug-likeness (QED) is 0.885. The van der Waals surface area contributed by atoms with Crippen LogP contribution >= 0.6 is 11.6 Å². The van der Waals surface area contributed by atoms with Crippen molar-refractivity contribution in [2.45, 2.75) is 20.3 Å². The van der Waals surface area contributed by atoms with Gasteiger partial charge in [-0.15, -0.1) is 0 Å². The molecule has 100 valence electrons. The van der Waals surface area contributed by atoms with Crippen molar-refractivity contribution in [2.24, 2.45) is 0 Å². The molecule has 0 aliphatic rings. The van der Waals surface area contributed by atoms with Gasteiger partial charge in [0.2, 0.25) is 0 Å². The summed E-state index contributed by atoms with van der Waals surface area (Å²) >= 11 is 5.86. The van der Waals surface area contributed by atoms with Gasteiger partial charge in [-0.05, 0) is 50.1 Å². The van der Waals surface area contributed by atoms with E-state index in [1.807, 2.05) is 13.8 Å². The van der Waals surface area contributed by atoms with E-state index in [1.165, 1.54) is 5.56 Å². The number of H-pyrrole nitrogens is 1. The van der Waals surface area contributed by atoms with Crippen LogP contribution in [0.2, 0.25) is 5.02 Å². The van der Waals surface area contributed by atoms with Gasteiger partial charge in [0, 0.05) is 28.5 Å². The fourth-order valence-electron chi connectivity index (χ4n) is 2.08. The third-order valence-corrected chi connectivity index (χ3v) is 3.26. The molecule has 0 aliphatic carbocycles. The van der Waals surface area contributed by atoms with Gasteiger partial charge >= 0.3 is 0 Å². The standard InChI is InChI=1S/C15H17ClN2O/c1-10-8-12(11(2)18-10)6-7-17-15(19)13-4-3-5-14(16)9-13/h3-5,8-9,18H,6-7H2,1-2H3,(H,17,19). The molecule has 1 aromatic carbocycles. The van der Waals surface area contributed by atoms with Crippen LogP contribution in [0.15, 0.2) is 30.3 Å². The van der Waals surface area contributed by atoms with E-state index < -0.39 is 0 Å². The summed E-state index contributed by atoms with van der Waals surface area (Å²) in [5, 5.41) is 3.47. The van der Waals surface area contributed by atoms with Crippen LogP contribution in [0.1, 0.15) is 27.3 Å². The van der Waals surface area contributed by atoms with Crippen molar-refractivity contribution >= 4 is 17.5 Å². The van der Waals surface area contributed by atoms with E-state index in [1.54, 1.807) is 24.3 Å². The zero-order valence-corrected chi connectivity index (χ0v) is 11.8. The molecular formula is C15H17ClN2O. The molecule has 0 saturated heterocycles. The van der Waals surface area contributed by atoms with Crippen LogP contribution in [0.4, 0.5) is 0 Å². The van der Waals surface area contributed by atoms with Crippen molar-refractivity contribution in [2.75, 3.05) is 6.54 Å². The molecule has 0 fully saturated rings. The molecule has 1 heterocycles. The molecule has 0 aliphatic heterocycles. The van der Waals surface area contributed by atoms with Gasteiger partial charge in [0.25, 0.3) is 5.91 Å². The summed E-state index contributed by atoms with van der Waals surface area (Å²) in [5.74, 6) is -0.0904. The SMILES string of the molecule is Cc1cc(CCNC(=O)c2cccc(Cl)c2)c(C)[nH]1. The van der Waals surface area contributed by atoms with Gasteiger partial charge in [-0.3, -0.25) is 4.79 Å². The van der Waals surface area contributed by atoms with E-state index in [4.69, 9.17) is 11.6 Å². The van der Waals surface area contributed by atoms with Crippen molar-refractivity contribution in [1.82, 2.24) is 10.3 Å². The second kappa shape index (κ2) is 5.93. The summed E-state index contributed by atoms with van der Waals surface area (Å²) in [6.45, 7) is 4.69. The Morgan fingerprint density at radius 2 is 2.11 bits per heavy atom. The Kier molecular flexibility index (Phi) is 4.27.